The molecule has 1 aromatic rings. The van der Waals surface area contributed by atoms with Crippen LogP contribution in [-0.2, 0) is 5.41 Å². The van der Waals surface area contributed by atoms with E-state index in [9.17, 15) is 0 Å². The zero-order chi connectivity index (χ0) is 13.7. The Balaban J connectivity index is 1.64. The molecule has 0 amide bonds. The van der Waals surface area contributed by atoms with Crippen LogP contribution in [0.15, 0.2) is 0 Å². The molecule has 4 fully saturated rings. The van der Waals surface area contributed by atoms with E-state index in [1.807, 2.05) is 18.4 Å². The molecular weight excluding hydrogens is 266 g/mol. The average molecular weight is 291 g/mol. The Bertz CT molecular complexity index is 456. The van der Waals surface area contributed by atoms with Crippen molar-refractivity contribution in [1.29, 1.82) is 0 Å². The predicted octanol–water partition coefficient (Wildman–Crippen LogP) is 3.68. The van der Waals surface area contributed by atoms with Gasteiger partial charge in [-0.15, -0.1) is 10.2 Å². The summed E-state index contributed by atoms with van der Waals surface area (Å²) < 4.78 is 0. The first kappa shape index (κ1) is 13.2. The summed E-state index contributed by atoms with van der Waals surface area (Å²) in [5.74, 6) is 2.96. The molecule has 5 rings (SSSR count). The van der Waals surface area contributed by atoms with Gasteiger partial charge in [-0.05, 0) is 69.7 Å². The summed E-state index contributed by atoms with van der Waals surface area (Å²) in [4.78, 5) is 0. The normalized spacial score (nSPS) is 40.2. The molecule has 110 valence electrons. The van der Waals surface area contributed by atoms with Crippen LogP contribution in [0.25, 0.3) is 0 Å². The minimum Gasteiger partial charge on any atom is -0.311 e. The molecule has 4 bridgehead atoms. The number of nitrogens with one attached hydrogen (secondary N) is 1. The van der Waals surface area contributed by atoms with Crippen LogP contribution in [0, 0.1) is 17.8 Å². The highest BCUT2D eigenvalue weighted by Crippen LogP contribution is 2.61. The Morgan fingerprint density at radius 1 is 1.15 bits per heavy atom. The monoisotopic (exact) mass is 291 g/mol. The molecule has 0 aromatic carbocycles. The smallest absolute Gasteiger partial charge is 0.134 e. The summed E-state index contributed by atoms with van der Waals surface area (Å²) in [6.45, 7) is 2.22. The Morgan fingerprint density at radius 3 is 2.25 bits per heavy atom. The zero-order valence-corrected chi connectivity index (χ0v) is 13.4. The van der Waals surface area contributed by atoms with Crippen molar-refractivity contribution in [2.45, 2.75) is 63.3 Å². The van der Waals surface area contributed by atoms with Crippen molar-refractivity contribution in [3.05, 3.63) is 10.0 Å². The highest BCUT2D eigenvalue weighted by atomic mass is 32.1. The maximum absolute atomic E-state index is 4.65. The van der Waals surface area contributed by atoms with Gasteiger partial charge in [0.15, 0.2) is 0 Å². The number of hydrogen-bond acceptors (Lipinski definition) is 4. The molecule has 1 aromatic heterocycles. The first-order valence-corrected chi connectivity index (χ1v) is 9.05. The topological polar surface area (TPSA) is 37.8 Å². The van der Waals surface area contributed by atoms with Crippen molar-refractivity contribution < 1.29 is 0 Å². The second-order valence-corrected chi connectivity index (χ2v) is 8.40. The van der Waals surface area contributed by atoms with Crippen molar-refractivity contribution in [3.8, 4) is 0 Å². The van der Waals surface area contributed by atoms with Crippen LogP contribution >= 0.6 is 11.3 Å². The van der Waals surface area contributed by atoms with E-state index in [1.54, 1.807) is 0 Å². The first-order valence-electron chi connectivity index (χ1n) is 8.23. The molecule has 4 heteroatoms. The van der Waals surface area contributed by atoms with E-state index < -0.39 is 0 Å². The zero-order valence-electron chi connectivity index (χ0n) is 12.6. The minimum absolute atomic E-state index is 0.384. The van der Waals surface area contributed by atoms with Crippen molar-refractivity contribution in [1.82, 2.24) is 15.5 Å². The van der Waals surface area contributed by atoms with Crippen LogP contribution in [-0.4, -0.2) is 17.2 Å². The Labute approximate surface area is 125 Å². The van der Waals surface area contributed by atoms with Crippen molar-refractivity contribution in [3.63, 3.8) is 0 Å². The van der Waals surface area contributed by atoms with Crippen LogP contribution in [0.2, 0.25) is 0 Å². The summed E-state index contributed by atoms with van der Waals surface area (Å²) in [5, 5.41) is 15.1. The number of hydrogen-bond donors (Lipinski definition) is 1. The Morgan fingerprint density at radius 2 is 1.75 bits per heavy atom. The molecule has 0 radical (unpaired) electrons. The van der Waals surface area contributed by atoms with Gasteiger partial charge in [-0.2, -0.15) is 0 Å². The standard InChI is InChI=1S/C16H25N3S/c1-3-13(17-2)14-18-19-15(20-14)16-7-10-4-11(8-16)6-12(5-10)9-16/h10-13,17H,3-9H2,1-2H3. The van der Waals surface area contributed by atoms with Crippen molar-refractivity contribution in [2.24, 2.45) is 17.8 Å². The third-order valence-electron chi connectivity index (χ3n) is 5.99. The molecule has 1 atom stereocenters. The maximum atomic E-state index is 4.65. The SMILES string of the molecule is CCC(NC)c1nnc(C23CC4CC(CC(C4)C2)C3)s1. The van der Waals surface area contributed by atoms with Gasteiger partial charge in [-0.3, -0.25) is 0 Å². The molecule has 0 aliphatic heterocycles. The minimum atomic E-state index is 0.384. The third kappa shape index (κ3) is 1.95. The van der Waals surface area contributed by atoms with Gasteiger partial charge in [0.25, 0.3) is 0 Å². The lowest BCUT2D eigenvalue weighted by Gasteiger charge is -2.55. The fraction of sp³-hybridized carbons (Fsp3) is 0.875. The summed E-state index contributed by atoms with van der Waals surface area (Å²) in [6, 6.07) is 0.384. The Hall–Kier alpha value is -0.480. The number of aromatic nitrogens is 2. The van der Waals surface area contributed by atoms with E-state index in [0.29, 0.717) is 11.5 Å². The lowest BCUT2D eigenvalue weighted by atomic mass is 9.50. The van der Waals surface area contributed by atoms with Crippen LogP contribution in [0.3, 0.4) is 0 Å². The van der Waals surface area contributed by atoms with Crippen LogP contribution in [0.1, 0.15) is 67.9 Å². The van der Waals surface area contributed by atoms with E-state index in [0.717, 1.165) is 24.2 Å². The molecule has 4 saturated carbocycles. The van der Waals surface area contributed by atoms with Gasteiger partial charge in [-0.1, -0.05) is 18.3 Å². The van der Waals surface area contributed by atoms with Gasteiger partial charge in [0.2, 0.25) is 0 Å². The molecule has 4 aliphatic carbocycles. The average Bonchev–Trinajstić information content (AvgIpc) is 2.89. The summed E-state index contributed by atoms with van der Waals surface area (Å²) in [6.07, 6.45) is 9.76. The van der Waals surface area contributed by atoms with Gasteiger partial charge in [0.05, 0.1) is 6.04 Å². The van der Waals surface area contributed by atoms with E-state index in [1.165, 1.54) is 48.5 Å². The number of nitrogens with zero attached hydrogens (tertiary/aromatic N) is 2. The van der Waals surface area contributed by atoms with E-state index in [4.69, 9.17) is 0 Å². The van der Waals surface area contributed by atoms with Gasteiger partial charge in [0.1, 0.15) is 10.0 Å². The lowest BCUT2D eigenvalue weighted by molar-refractivity contribution is -0.00555. The summed E-state index contributed by atoms with van der Waals surface area (Å²) >= 11 is 1.89. The quantitative estimate of drug-likeness (QED) is 0.919. The first-order chi connectivity index (χ1) is 9.72. The molecule has 4 aliphatic rings. The maximum Gasteiger partial charge on any atom is 0.134 e. The molecule has 1 heterocycles. The molecule has 1 unspecified atom stereocenters. The second kappa shape index (κ2) is 4.77. The molecule has 0 saturated heterocycles. The molecular formula is C16H25N3S. The van der Waals surface area contributed by atoms with E-state index >= 15 is 0 Å². The fourth-order valence-corrected chi connectivity index (χ4v) is 6.72. The van der Waals surface area contributed by atoms with Crippen molar-refractivity contribution in [2.75, 3.05) is 7.05 Å². The molecule has 0 spiro atoms. The number of rotatable bonds is 4. The van der Waals surface area contributed by atoms with Crippen LogP contribution in [0.5, 0.6) is 0 Å². The van der Waals surface area contributed by atoms with Gasteiger partial charge >= 0.3 is 0 Å². The van der Waals surface area contributed by atoms with Crippen LogP contribution < -0.4 is 5.32 Å². The summed E-state index contributed by atoms with van der Waals surface area (Å²) in [7, 11) is 2.03. The van der Waals surface area contributed by atoms with Gasteiger partial charge < -0.3 is 5.32 Å². The van der Waals surface area contributed by atoms with E-state index in [-0.39, 0.29) is 0 Å². The lowest BCUT2D eigenvalue weighted by Crippen LogP contribution is -2.48. The summed E-state index contributed by atoms with van der Waals surface area (Å²) in [5.41, 5.74) is 0.413. The van der Waals surface area contributed by atoms with E-state index in [2.05, 4.69) is 22.4 Å². The highest BCUT2D eigenvalue weighted by molar-refractivity contribution is 7.11. The highest BCUT2D eigenvalue weighted by Gasteiger charge is 2.53. The molecule has 1 N–H and O–H groups in total. The molecule has 3 nitrogen and oxygen atoms in total. The predicted molar refractivity (Wildman–Crippen MR) is 81.9 cm³/mol. The van der Waals surface area contributed by atoms with Gasteiger partial charge in [0, 0.05) is 5.41 Å². The third-order valence-corrected chi connectivity index (χ3v) is 7.27. The van der Waals surface area contributed by atoms with Gasteiger partial charge in [-0.25, -0.2) is 0 Å². The van der Waals surface area contributed by atoms with Crippen LogP contribution in [0.4, 0.5) is 0 Å². The largest absolute Gasteiger partial charge is 0.311 e. The second-order valence-electron chi connectivity index (χ2n) is 7.39. The molecule has 20 heavy (non-hydrogen) atoms. The van der Waals surface area contributed by atoms with Crippen molar-refractivity contribution >= 4 is 11.3 Å². The Kier molecular flexibility index (Phi) is 3.15. The fourth-order valence-electron chi connectivity index (χ4n) is 5.46.